The van der Waals surface area contributed by atoms with Crippen LogP contribution >= 0.6 is 11.6 Å². The molecule has 96 valence electrons. The molecule has 0 spiro atoms. The Bertz CT molecular complexity index is 485. The summed E-state index contributed by atoms with van der Waals surface area (Å²) in [6.07, 6.45) is 0.910. The fraction of sp³-hybridized carbons (Fsp3) is 0.455. The Labute approximate surface area is 107 Å². The summed E-state index contributed by atoms with van der Waals surface area (Å²) in [5.74, 6) is 1.01. The van der Waals surface area contributed by atoms with Crippen molar-refractivity contribution in [1.29, 1.82) is 0 Å². The number of hydrogen-bond donors (Lipinski definition) is 1. The first kappa shape index (κ1) is 14.3. The van der Waals surface area contributed by atoms with Gasteiger partial charge in [-0.2, -0.15) is 0 Å². The molecular formula is C11H16ClNO3S. The first-order valence-corrected chi connectivity index (χ1v) is 7.18. The van der Waals surface area contributed by atoms with Crippen molar-refractivity contribution in [2.75, 3.05) is 6.61 Å². The SMILES string of the molecule is CC(C)CCOc1ccc(S(N)(=O)=O)cc1Cl. The van der Waals surface area contributed by atoms with E-state index >= 15 is 0 Å². The number of hydrogen-bond acceptors (Lipinski definition) is 3. The summed E-state index contributed by atoms with van der Waals surface area (Å²) in [5, 5.41) is 5.24. The van der Waals surface area contributed by atoms with E-state index in [0.717, 1.165) is 6.42 Å². The summed E-state index contributed by atoms with van der Waals surface area (Å²) in [6, 6.07) is 4.19. The minimum atomic E-state index is -3.72. The number of rotatable bonds is 5. The van der Waals surface area contributed by atoms with Gasteiger partial charge < -0.3 is 4.74 Å². The molecule has 0 saturated carbocycles. The fourth-order valence-corrected chi connectivity index (χ4v) is 2.02. The van der Waals surface area contributed by atoms with Crippen LogP contribution < -0.4 is 9.88 Å². The maximum atomic E-state index is 11.1. The molecule has 1 rings (SSSR count). The second kappa shape index (κ2) is 5.71. The van der Waals surface area contributed by atoms with Crippen molar-refractivity contribution in [3.63, 3.8) is 0 Å². The highest BCUT2D eigenvalue weighted by atomic mass is 35.5. The van der Waals surface area contributed by atoms with Crippen molar-refractivity contribution in [3.05, 3.63) is 23.2 Å². The van der Waals surface area contributed by atoms with E-state index in [9.17, 15) is 8.42 Å². The molecule has 0 aliphatic carbocycles. The molecule has 0 heterocycles. The Hall–Kier alpha value is -0.780. The van der Waals surface area contributed by atoms with Crippen molar-refractivity contribution in [2.24, 2.45) is 11.1 Å². The lowest BCUT2D eigenvalue weighted by atomic mass is 10.1. The van der Waals surface area contributed by atoms with Crippen LogP contribution in [0.5, 0.6) is 5.75 Å². The number of halogens is 1. The minimum Gasteiger partial charge on any atom is -0.492 e. The summed E-state index contributed by atoms with van der Waals surface area (Å²) in [6.45, 7) is 4.73. The highest BCUT2D eigenvalue weighted by Crippen LogP contribution is 2.27. The van der Waals surface area contributed by atoms with Gasteiger partial charge in [0.05, 0.1) is 16.5 Å². The van der Waals surface area contributed by atoms with Crippen LogP contribution in [0.2, 0.25) is 5.02 Å². The van der Waals surface area contributed by atoms with Crippen LogP contribution in [0.3, 0.4) is 0 Å². The molecule has 4 nitrogen and oxygen atoms in total. The summed E-state index contributed by atoms with van der Waals surface area (Å²) >= 11 is 5.91. The van der Waals surface area contributed by atoms with E-state index in [1.165, 1.54) is 18.2 Å². The monoisotopic (exact) mass is 277 g/mol. The van der Waals surface area contributed by atoms with Crippen LogP contribution in [0.25, 0.3) is 0 Å². The Morgan fingerprint density at radius 2 is 2.06 bits per heavy atom. The first-order valence-electron chi connectivity index (χ1n) is 5.26. The number of sulfonamides is 1. The van der Waals surface area contributed by atoms with Crippen LogP contribution in [0, 0.1) is 5.92 Å². The van der Waals surface area contributed by atoms with E-state index in [0.29, 0.717) is 18.3 Å². The maximum absolute atomic E-state index is 11.1. The summed E-state index contributed by atoms with van der Waals surface area (Å²) < 4.78 is 27.6. The lowest BCUT2D eigenvalue weighted by molar-refractivity contribution is 0.289. The van der Waals surface area contributed by atoms with Gasteiger partial charge in [-0.05, 0) is 30.5 Å². The van der Waals surface area contributed by atoms with Crippen molar-refractivity contribution in [2.45, 2.75) is 25.2 Å². The summed E-state index contributed by atoms with van der Waals surface area (Å²) in [7, 11) is -3.72. The molecule has 0 radical (unpaired) electrons. The van der Waals surface area contributed by atoms with Crippen LogP contribution in [-0.2, 0) is 10.0 Å². The molecule has 0 aliphatic heterocycles. The topological polar surface area (TPSA) is 69.4 Å². The van der Waals surface area contributed by atoms with Gasteiger partial charge in [-0.15, -0.1) is 0 Å². The molecule has 0 saturated heterocycles. The van der Waals surface area contributed by atoms with E-state index in [4.69, 9.17) is 21.5 Å². The Balaban J connectivity index is 2.77. The van der Waals surface area contributed by atoms with Gasteiger partial charge in [0, 0.05) is 0 Å². The van der Waals surface area contributed by atoms with Crippen LogP contribution in [0.4, 0.5) is 0 Å². The Morgan fingerprint density at radius 3 is 2.53 bits per heavy atom. The van der Waals surface area contributed by atoms with Crippen LogP contribution in [0.1, 0.15) is 20.3 Å². The molecule has 1 aromatic carbocycles. The maximum Gasteiger partial charge on any atom is 0.238 e. The van der Waals surface area contributed by atoms with E-state index in [2.05, 4.69) is 13.8 Å². The van der Waals surface area contributed by atoms with Gasteiger partial charge in [0.25, 0.3) is 0 Å². The number of ether oxygens (including phenoxy) is 1. The van der Waals surface area contributed by atoms with Gasteiger partial charge in [0.15, 0.2) is 0 Å². The molecule has 0 unspecified atom stereocenters. The van der Waals surface area contributed by atoms with E-state index in [1.54, 1.807) is 0 Å². The van der Waals surface area contributed by atoms with E-state index < -0.39 is 10.0 Å². The molecule has 6 heteroatoms. The molecule has 2 N–H and O–H groups in total. The largest absolute Gasteiger partial charge is 0.492 e. The van der Waals surface area contributed by atoms with Crippen molar-refractivity contribution >= 4 is 21.6 Å². The third-order valence-electron chi connectivity index (χ3n) is 2.18. The molecule has 17 heavy (non-hydrogen) atoms. The van der Waals surface area contributed by atoms with Gasteiger partial charge in [-0.25, -0.2) is 13.6 Å². The highest BCUT2D eigenvalue weighted by Gasteiger charge is 2.11. The molecule has 0 fully saturated rings. The van der Waals surface area contributed by atoms with Gasteiger partial charge in [-0.3, -0.25) is 0 Å². The Morgan fingerprint density at radius 1 is 1.41 bits per heavy atom. The molecule has 0 amide bonds. The number of benzene rings is 1. The van der Waals surface area contributed by atoms with Crippen molar-refractivity contribution < 1.29 is 13.2 Å². The quantitative estimate of drug-likeness (QED) is 0.898. The average molecular weight is 278 g/mol. The summed E-state index contributed by atoms with van der Waals surface area (Å²) in [4.78, 5) is -0.0151. The van der Waals surface area contributed by atoms with Crippen LogP contribution in [-0.4, -0.2) is 15.0 Å². The predicted molar refractivity (Wildman–Crippen MR) is 67.8 cm³/mol. The van der Waals surface area contributed by atoms with Gasteiger partial charge in [0.2, 0.25) is 10.0 Å². The van der Waals surface area contributed by atoms with E-state index in [-0.39, 0.29) is 9.92 Å². The van der Waals surface area contributed by atoms with Gasteiger partial charge in [-0.1, -0.05) is 25.4 Å². The molecular weight excluding hydrogens is 262 g/mol. The molecule has 0 bridgehead atoms. The lowest BCUT2D eigenvalue weighted by Gasteiger charge is -2.10. The zero-order valence-electron chi connectivity index (χ0n) is 9.81. The second-order valence-electron chi connectivity index (χ2n) is 4.17. The highest BCUT2D eigenvalue weighted by molar-refractivity contribution is 7.89. The number of nitrogens with two attached hydrogens (primary N) is 1. The number of primary sulfonamides is 1. The Kier molecular flexibility index (Phi) is 4.80. The molecule has 0 aliphatic rings. The lowest BCUT2D eigenvalue weighted by Crippen LogP contribution is -2.12. The predicted octanol–water partition coefficient (Wildman–Crippen LogP) is 2.41. The molecule has 1 aromatic rings. The van der Waals surface area contributed by atoms with Crippen LogP contribution in [0.15, 0.2) is 23.1 Å². The molecule has 0 atom stereocenters. The zero-order valence-corrected chi connectivity index (χ0v) is 11.4. The average Bonchev–Trinajstić information content (AvgIpc) is 2.18. The smallest absolute Gasteiger partial charge is 0.238 e. The first-order chi connectivity index (χ1) is 7.80. The van der Waals surface area contributed by atoms with E-state index in [1.807, 2.05) is 0 Å². The van der Waals surface area contributed by atoms with Gasteiger partial charge >= 0.3 is 0 Å². The standard InChI is InChI=1S/C11H16ClNO3S/c1-8(2)5-6-16-11-4-3-9(7-10(11)12)17(13,14)15/h3-4,7-8H,5-6H2,1-2H3,(H2,13,14,15). The van der Waals surface area contributed by atoms with Gasteiger partial charge in [0.1, 0.15) is 5.75 Å². The minimum absolute atomic E-state index is 0.0151. The molecule has 0 aromatic heterocycles. The normalized spacial score (nSPS) is 11.8. The third kappa shape index (κ3) is 4.53. The summed E-state index contributed by atoms with van der Waals surface area (Å²) in [5.41, 5.74) is 0. The van der Waals surface area contributed by atoms with Crippen molar-refractivity contribution in [1.82, 2.24) is 0 Å². The third-order valence-corrected chi connectivity index (χ3v) is 3.39. The van der Waals surface area contributed by atoms with Crippen molar-refractivity contribution in [3.8, 4) is 5.75 Å². The fourth-order valence-electron chi connectivity index (χ4n) is 1.18. The zero-order chi connectivity index (χ0) is 13.1. The second-order valence-corrected chi connectivity index (χ2v) is 6.14.